The van der Waals surface area contributed by atoms with Gasteiger partial charge in [-0.3, -0.25) is 9.59 Å². The van der Waals surface area contributed by atoms with Gasteiger partial charge in [-0.1, -0.05) is 23.7 Å². The van der Waals surface area contributed by atoms with Crippen molar-refractivity contribution in [2.45, 2.75) is 32.7 Å². The predicted octanol–water partition coefficient (Wildman–Crippen LogP) is 4.09. The topological polar surface area (TPSA) is 73.7 Å². The maximum absolute atomic E-state index is 13.4. The van der Waals surface area contributed by atoms with Crippen LogP contribution in [0.1, 0.15) is 44.8 Å². The number of hydrogen-bond acceptors (Lipinski definition) is 6. The van der Waals surface area contributed by atoms with Gasteiger partial charge in [0.25, 0.3) is 5.91 Å². The minimum atomic E-state index is -0.647. The fraction of sp³-hybridized carbons (Fsp3) is 0.409. The molecule has 6 nitrogen and oxygen atoms in total. The van der Waals surface area contributed by atoms with Crippen LogP contribution in [0.2, 0.25) is 5.02 Å². The molecule has 1 aromatic heterocycles. The Morgan fingerprint density at radius 1 is 1.20 bits per heavy atom. The normalized spacial score (nSPS) is 19.9. The average Bonchev–Trinajstić information content (AvgIpc) is 3.41. The van der Waals surface area contributed by atoms with Crippen LogP contribution < -0.4 is 0 Å². The van der Waals surface area contributed by atoms with Gasteiger partial charge >= 0.3 is 0 Å². The van der Waals surface area contributed by atoms with Crippen molar-refractivity contribution in [2.24, 2.45) is 0 Å². The van der Waals surface area contributed by atoms with Crippen LogP contribution in [-0.2, 0) is 4.79 Å². The fourth-order valence-corrected chi connectivity index (χ4v) is 5.23. The number of aliphatic hydroxyl groups is 1. The van der Waals surface area contributed by atoms with Crippen LogP contribution in [0.5, 0.6) is 0 Å². The van der Waals surface area contributed by atoms with Gasteiger partial charge in [-0.25, -0.2) is 4.98 Å². The molecule has 1 N–H and O–H groups in total. The van der Waals surface area contributed by atoms with Gasteiger partial charge in [0.15, 0.2) is 5.76 Å². The van der Waals surface area contributed by atoms with Gasteiger partial charge in [-0.05, 0) is 57.5 Å². The van der Waals surface area contributed by atoms with Crippen LogP contribution in [0.25, 0.3) is 0 Å². The minimum Gasteiger partial charge on any atom is -0.503 e. The van der Waals surface area contributed by atoms with E-state index in [-0.39, 0.29) is 11.4 Å². The molecule has 1 aromatic carbocycles. The smallest absolute Gasteiger partial charge is 0.290 e. The van der Waals surface area contributed by atoms with Crippen molar-refractivity contribution in [3.8, 4) is 0 Å². The lowest BCUT2D eigenvalue weighted by Crippen LogP contribution is -2.37. The Bertz CT molecular complexity index is 1010. The summed E-state index contributed by atoms with van der Waals surface area (Å²) in [6, 6.07) is 6.44. The first-order valence-electron chi connectivity index (χ1n) is 10.1. The second-order valence-electron chi connectivity index (χ2n) is 7.74. The largest absolute Gasteiger partial charge is 0.503 e. The quantitative estimate of drug-likeness (QED) is 0.678. The molecule has 0 spiro atoms. The number of carbonyl (C=O) groups is 2. The van der Waals surface area contributed by atoms with E-state index in [1.807, 2.05) is 6.92 Å². The molecule has 1 atom stereocenters. The predicted molar refractivity (Wildman–Crippen MR) is 117 cm³/mol. The Hall–Kier alpha value is -2.22. The third kappa shape index (κ3) is 3.89. The lowest BCUT2D eigenvalue weighted by molar-refractivity contribution is -0.129. The number of aryl methyl sites for hydroxylation is 2. The SMILES string of the molecule is Cc1nc(C)c(C(=O)C2=C(O)C(=O)N(CCN3CCCC3)C2c2ccc(Cl)cc2)s1. The molecule has 2 aliphatic heterocycles. The highest BCUT2D eigenvalue weighted by Crippen LogP contribution is 2.40. The standard InChI is InChI=1S/C22H24ClN3O3S/c1-13-21(30-14(2)24-13)19(27)17-18(15-5-7-16(23)8-6-15)26(22(29)20(17)28)12-11-25-9-3-4-10-25/h5-8,18,28H,3-4,9-12H2,1-2H3. The number of hydrogen-bond donors (Lipinski definition) is 1. The monoisotopic (exact) mass is 445 g/mol. The van der Waals surface area contributed by atoms with Crippen LogP contribution in [0, 0.1) is 13.8 Å². The highest BCUT2D eigenvalue weighted by Gasteiger charge is 2.44. The van der Waals surface area contributed by atoms with E-state index < -0.39 is 17.7 Å². The third-order valence-electron chi connectivity index (χ3n) is 5.70. The summed E-state index contributed by atoms with van der Waals surface area (Å²) in [7, 11) is 0. The number of likely N-dealkylation sites (tertiary alicyclic amines) is 1. The molecule has 0 aliphatic carbocycles. The zero-order valence-corrected chi connectivity index (χ0v) is 18.6. The maximum Gasteiger partial charge on any atom is 0.290 e. The Morgan fingerprint density at radius 3 is 2.47 bits per heavy atom. The van der Waals surface area contributed by atoms with E-state index in [0.29, 0.717) is 28.7 Å². The number of aromatic nitrogens is 1. The van der Waals surface area contributed by atoms with Crippen molar-refractivity contribution in [3.63, 3.8) is 0 Å². The molecule has 1 unspecified atom stereocenters. The maximum atomic E-state index is 13.4. The van der Waals surface area contributed by atoms with Gasteiger partial charge in [0.05, 0.1) is 27.2 Å². The highest BCUT2D eigenvalue weighted by molar-refractivity contribution is 7.14. The lowest BCUT2D eigenvalue weighted by atomic mass is 9.95. The van der Waals surface area contributed by atoms with Crippen LogP contribution in [0.15, 0.2) is 35.6 Å². The van der Waals surface area contributed by atoms with Crippen molar-refractivity contribution in [3.05, 3.63) is 61.8 Å². The first-order valence-corrected chi connectivity index (χ1v) is 11.3. The molecule has 0 saturated carbocycles. The second kappa shape index (κ2) is 8.49. The molecule has 8 heteroatoms. The summed E-state index contributed by atoms with van der Waals surface area (Å²) in [6.45, 7) is 6.78. The molecule has 1 fully saturated rings. The third-order valence-corrected chi connectivity index (χ3v) is 7.02. The van der Waals surface area contributed by atoms with Crippen LogP contribution in [-0.4, -0.2) is 57.8 Å². The number of thiazole rings is 1. The molecule has 1 amide bonds. The first-order chi connectivity index (χ1) is 14.4. The number of Topliss-reactive ketones (excluding diaryl/α,β-unsaturated/α-hetero) is 1. The summed E-state index contributed by atoms with van der Waals surface area (Å²) in [6.07, 6.45) is 2.32. The van der Waals surface area contributed by atoms with Crippen molar-refractivity contribution < 1.29 is 14.7 Å². The molecule has 30 heavy (non-hydrogen) atoms. The van der Waals surface area contributed by atoms with E-state index in [4.69, 9.17) is 11.6 Å². The number of carbonyl (C=O) groups excluding carboxylic acids is 2. The lowest BCUT2D eigenvalue weighted by Gasteiger charge is -2.28. The number of aliphatic hydroxyl groups excluding tert-OH is 1. The van der Waals surface area contributed by atoms with Crippen LogP contribution in [0.4, 0.5) is 0 Å². The number of ketones is 1. The van der Waals surface area contributed by atoms with Gasteiger partial charge in [-0.2, -0.15) is 0 Å². The summed E-state index contributed by atoms with van der Waals surface area (Å²) >= 11 is 7.34. The molecule has 2 aliphatic rings. The van der Waals surface area contributed by atoms with Gasteiger partial charge in [0, 0.05) is 18.1 Å². The average molecular weight is 446 g/mol. The molecule has 0 bridgehead atoms. The van der Waals surface area contributed by atoms with Crippen molar-refractivity contribution in [2.75, 3.05) is 26.2 Å². The van der Waals surface area contributed by atoms with E-state index in [2.05, 4.69) is 9.88 Å². The summed E-state index contributed by atoms with van der Waals surface area (Å²) in [5, 5.41) is 12.1. The summed E-state index contributed by atoms with van der Waals surface area (Å²) < 4.78 is 0. The van der Waals surface area contributed by atoms with E-state index in [1.165, 1.54) is 11.3 Å². The Kier molecular flexibility index (Phi) is 5.95. The number of nitrogens with zero attached hydrogens (tertiary/aromatic N) is 3. The van der Waals surface area contributed by atoms with E-state index in [9.17, 15) is 14.7 Å². The van der Waals surface area contributed by atoms with E-state index in [0.717, 1.165) is 36.5 Å². The van der Waals surface area contributed by atoms with Crippen molar-refractivity contribution in [1.29, 1.82) is 0 Å². The highest BCUT2D eigenvalue weighted by atomic mass is 35.5. The number of rotatable bonds is 6. The van der Waals surface area contributed by atoms with Crippen LogP contribution in [0.3, 0.4) is 0 Å². The summed E-state index contributed by atoms with van der Waals surface area (Å²) in [4.78, 5) is 35.1. The van der Waals surface area contributed by atoms with Gasteiger partial charge < -0.3 is 14.9 Å². The number of benzene rings is 1. The molecule has 158 valence electrons. The number of amides is 1. The molecular formula is C22H24ClN3O3S. The first kappa shape index (κ1) is 21.0. The molecule has 1 saturated heterocycles. The Morgan fingerprint density at radius 2 is 1.87 bits per heavy atom. The van der Waals surface area contributed by atoms with Gasteiger partial charge in [0.1, 0.15) is 0 Å². The van der Waals surface area contributed by atoms with E-state index in [1.54, 1.807) is 36.1 Å². The minimum absolute atomic E-state index is 0.121. The molecule has 0 radical (unpaired) electrons. The van der Waals surface area contributed by atoms with E-state index >= 15 is 0 Å². The summed E-state index contributed by atoms with van der Waals surface area (Å²) in [5.74, 6) is -1.31. The van der Waals surface area contributed by atoms with Crippen LogP contribution >= 0.6 is 22.9 Å². The molecule has 2 aromatic rings. The van der Waals surface area contributed by atoms with Crippen molar-refractivity contribution >= 4 is 34.6 Å². The van der Waals surface area contributed by atoms with Gasteiger partial charge in [-0.15, -0.1) is 11.3 Å². The van der Waals surface area contributed by atoms with Gasteiger partial charge in [0.2, 0.25) is 5.78 Å². The molecule has 4 rings (SSSR count). The Labute approximate surface area is 184 Å². The zero-order chi connectivity index (χ0) is 21.4. The Balaban J connectivity index is 1.71. The van der Waals surface area contributed by atoms with Crippen molar-refractivity contribution in [1.82, 2.24) is 14.8 Å². The fourth-order valence-electron chi connectivity index (χ4n) is 4.23. The molecule has 3 heterocycles. The molecular weight excluding hydrogens is 422 g/mol. The zero-order valence-electron chi connectivity index (χ0n) is 17.0. The number of halogens is 1. The summed E-state index contributed by atoms with van der Waals surface area (Å²) in [5.41, 5.74) is 1.48. The second-order valence-corrected chi connectivity index (χ2v) is 9.38.